The van der Waals surface area contributed by atoms with Gasteiger partial charge in [0.2, 0.25) is 0 Å². The van der Waals surface area contributed by atoms with E-state index < -0.39 is 24.4 Å². The van der Waals surface area contributed by atoms with Gasteiger partial charge in [0.05, 0.1) is 11.8 Å². The molecule has 0 spiro atoms. The van der Waals surface area contributed by atoms with Crippen LogP contribution in [0.15, 0.2) is 71.3 Å². The summed E-state index contributed by atoms with van der Waals surface area (Å²) < 4.78 is 10.1. The Balaban J connectivity index is 1.52. The number of para-hydroxylation sites is 1. The first-order valence-electron chi connectivity index (χ1n) is 9.98. The maximum Gasteiger partial charge on any atom is 0.338 e. The smallest absolute Gasteiger partial charge is 0.338 e. The molecule has 2 N–H and O–H groups in total. The monoisotopic (exact) mass is 420 g/mol. The van der Waals surface area contributed by atoms with Gasteiger partial charge in [-0.3, -0.25) is 9.59 Å². The van der Waals surface area contributed by atoms with Gasteiger partial charge in [-0.15, -0.1) is 0 Å². The van der Waals surface area contributed by atoms with Gasteiger partial charge in [-0.05, 0) is 60.4 Å². The quantitative estimate of drug-likeness (QED) is 0.508. The molecule has 0 aliphatic carbocycles. The van der Waals surface area contributed by atoms with E-state index in [2.05, 4.69) is 24.5 Å². The predicted molar refractivity (Wildman–Crippen MR) is 117 cm³/mol. The molecular weight excluding hydrogens is 396 g/mol. The fraction of sp³-hybridized carbons (Fsp3) is 0.208. The highest BCUT2D eigenvalue weighted by Gasteiger charge is 2.14. The van der Waals surface area contributed by atoms with Gasteiger partial charge < -0.3 is 19.8 Å². The molecule has 0 radical (unpaired) electrons. The summed E-state index contributed by atoms with van der Waals surface area (Å²) in [5.74, 6) is -0.953. The van der Waals surface area contributed by atoms with Crippen LogP contribution < -0.4 is 10.6 Å². The largest absolute Gasteiger partial charge is 0.459 e. The average molecular weight is 420 g/mol. The van der Waals surface area contributed by atoms with Crippen molar-refractivity contribution in [2.45, 2.75) is 26.2 Å². The molecule has 2 amide bonds. The number of hydrogen-bond donors (Lipinski definition) is 2. The lowest BCUT2D eigenvalue weighted by Gasteiger charge is -2.15. The summed E-state index contributed by atoms with van der Waals surface area (Å²) in [6.45, 7) is 3.77. The highest BCUT2D eigenvalue weighted by Crippen LogP contribution is 2.26. The number of esters is 1. The Bertz CT molecular complexity index is 1040. The second kappa shape index (κ2) is 10.2. The zero-order valence-corrected chi connectivity index (χ0v) is 17.4. The number of benzene rings is 2. The molecule has 0 saturated carbocycles. The van der Waals surface area contributed by atoms with Crippen molar-refractivity contribution >= 4 is 29.2 Å². The molecule has 0 aliphatic rings. The van der Waals surface area contributed by atoms with Gasteiger partial charge >= 0.3 is 5.97 Å². The van der Waals surface area contributed by atoms with Crippen LogP contribution in [0.4, 0.5) is 11.4 Å². The standard InChI is InChI=1S/C24H24N2O5/c1-3-16(2)19-7-4-5-8-20(19)26-22(27)15-31-24(29)17-10-12-18(13-11-17)25-23(28)21-9-6-14-30-21/h4-14,16H,3,15H2,1-2H3,(H,25,28)(H,26,27)/t16-/m1/s1. The Kier molecular flexibility index (Phi) is 7.22. The molecule has 7 heteroatoms. The van der Waals surface area contributed by atoms with E-state index >= 15 is 0 Å². The van der Waals surface area contributed by atoms with Crippen molar-refractivity contribution in [3.05, 3.63) is 83.8 Å². The minimum absolute atomic E-state index is 0.185. The fourth-order valence-corrected chi connectivity index (χ4v) is 2.95. The molecule has 0 unspecified atom stereocenters. The van der Waals surface area contributed by atoms with E-state index in [1.165, 1.54) is 18.4 Å². The molecule has 0 bridgehead atoms. The van der Waals surface area contributed by atoms with Gasteiger partial charge in [0.25, 0.3) is 11.8 Å². The third-order valence-corrected chi connectivity index (χ3v) is 4.84. The van der Waals surface area contributed by atoms with E-state index in [4.69, 9.17) is 9.15 Å². The van der Waals surface area contributed by atoms with Gasteiger partial charge in [-0.1, -0.05) is 32.0 Å². The number of rotatable bonds is 8. The average Bonchev–Trinajstić information content (AvgIpc) is 3.33. The highest BCUT2D eigenvalue weighted by atomic mass is 16.5. The number of furan rings is 1. The lowest BCUT2D eigenvalue weighted by Crippen LogP contribution is -2.21. The molecule has 2 aromatic carbocycles. The zero-order valence-electron chi connectivity index (χ0n) is 17.4. The number of ether oxygens (including phenoxy) is 1. The number of anilines is 2. The Hall–Kier alpha value is -3.87. The summed E-state index contributed by atoms with van der Waals surface area (Å²) in [5, 5.41) is 5.46. The summed E-state index contributed by atoms with van der Waals surface area (Å²) in [4.78, 5) is 36.5. The Morgan fingerprint density at radius 1 is 0.968 bits per heavy atom. The van der Waals surface area contributed by atoms with E-state index in [0.29, 0.717) is 11.6 Å². The molecule has 1 atom stereocenters. The molecule has 31 heavy (non-hydrogen) atoms. The van der Waals surface area contributed by atoms with Crippen LogP contribution in [0.25, 0.3) is 0 Å². The molecular formula is C24H24N2O5. The number of amides is 2. The van der Waals surface area contributed by atoms with Gasteiger partial charge in [0.15, 0.2) is 12.4 Å². The lowest BCUT2D eigenvalue weighted by atomic mass is 9.97. The Morgan fingerprint density at radius 2 is 1.71 bits per heavy atom. The van der Waals surface area contributed by atoms with Gasteiger partial charge in [-0.25, -0.2) is 4.79 Å². The van der Waals surface area contributed by atoms with Crippen LogP contribution in [0.5, 0.6) is 0 Å². The molecule has 0 aliphatic heterocycles. The van der Waals surface area contributed by atoms with Crippen LogP contribution in [-0.2, 0) is 9.53 Å². The summed E-state index contributed by atoms with van der Waals surface area (Å²) in [5.41, 5.74) is 2.52. The van der Waals surface area contributed by atoms with Crippen molar-refractivity contribution < 1.29 is 23.5 Å². The molecule has 1 aromatic heterocycles. The Labute approximate surface area is 180 Å². The van der Waals surface area contributed by atoms with Crippen LogP contribution in [0.1, 0.15) is 52.7 Å². The topological polar surface area (TPSA) is 97.6 Å². The summed E-state index contributed by atoms with van der Waals surface area (Å²) in [6.07, 6.45) is 2.35. The van der Waals surface area contributed by atoms with Crippen molar-refractivity contribution in [2.24, 2.45) is 0 Å². The van der Waals surface area contributed by atoms with Crippen molar-refractivity contribution in [1.82, 2.24) is 0 Å². The SMILES string of the molecule is CC[C@@H](C)c1ccccc1NC(=O)COC(=O)c1ccc(NC(=O)c2ccco2)cc1. The number of hydrogen-bond acceptors (Lipinski definition) is 5. The van der Waals surface area contributed by atoms with Crippen molar-refractivity contribution in [1.29, 1.82) is 0 Å². The van der Waals surface area contributed by atoms with Crippen LogP contribution in [-0.4, -0.2) is 24.4 Å². The fourth-order valence-electron chi connectivity index (χ4n) is 2.95. The second-order valence-corrected chi connectivity index (χ2v) is 7.03. The van der Waals surface area contributed by atoms with Crippen LogP contribution in [0, 0.1) is 0 Å². The summed E-state index contributed by atoms with van der Waals surface area (Å²) >= 11 is 0. The molecule has 3 aromatic rings. The minimum atomic E-state index is -0.630. The number of carbonyl (C=O) groups excluding carboxylic acids is 3. The lowest BCUT2D eigenvalue weighted by molar-refractivity contribution is -0.119. The maximum atomic E-state index is 12.3. The van der Waals surface area contributed by atoms with Gasteiger partial charge in [0.1, 0.15) is 0 Å². The van der Waals surface area contributed by atoms with E-state index in [9.17, 15) is 14.4 Å². The van der Waals surface area contributed by atoms with E-state index in [0.717, 1.165) is 17.7 Å². The van der Waals surface area contributed by atoms with E-state index in [-0.39, 0.29) is 11.3 Å². The van der Waals surface area contributed by atoms with Crippen molar-refractivity contribution in [3.63, 3.8) is 0 Å². The summed E-state index contributed by atoms with van der Waals surface area (Å²) in [7, 11) is 0. The maximum absolute atomic E-state index is 12.3. The minimum Gasteiger partial charge on any atom is -0.459 e. The van der Waals surface area contributed by atoms with E-state index in [1.54, 1.807) is 24.3 Å². The first-order chi connectivity index (χ1) is 15.0. The normalized spacial score (nSPS) is 11.4. The third-order valence-electron chi connectivity index (χ3n) is 4.84. The van der Waals surface area contributed by atoms with Crippen molar-refractivity contribution in [3.8, 4) is 0 Å². The van der Waals surface area contributed by atoms with Gasteiger partial charge in [0, 0.05) is 11.4 Å². The van der Waals surface area contributed by atoms with E-state index in [1.807, 2.05) is 24.3 Å². The predicted octanol–water partition coefficient (Wildman–Crippen LogP) is 4.84. The van der Waals surface area contributed by atoms with Crippen LogP contribution in [0.2, 0.25) is 0 Å². The Morgan fingerprint density at radius 3 is 2.39 bits per heavy atom. The number of nitrogens with one attached hydrogen (secondary N) is 2. The zero-order chi connectivity index (χ0) is 22.2. The van der Waals surface area contributed by atoms with Crippen LogP contribution >= 0.6 is 0 Å². The van der Waals surface area contributed by atoms with Gasteiger partial charge in [-0.2, -0.15) is 0 Å². The second-order valence-electron chi connectivity index (χ2n) is 7.03. The molecule has 0 fully saturated rings. The highest BCUT2D eigenvalue weighted by molar-refractivity contribution is 6.02. The molecule has 160 valence electrons. The third kappa shape index (κ3) is 5.82. The number of carbonyl (C=O) groups is 3. The van der Waals surface area contributed by atoms with Crippen LogP contribution in [0.3, 0.4) is 0 Å². The molecule has 0 saturated heterocycles. The van der Waals surface area contributed by atoms with Crippen molar-refractivity contribution in [2.75, 3.05) is 17.2 Å². The molecule has 3 rings (SSSR count). The summed E-state index contributed by atoms with van der Waals surface area (Å²) in [6, 6.07) is 16.9. The molecule has 1 heterocycles. The first kappa shape index (κ1) is 21.8. The first-order valence-corrected chi connectivity index (χ1v) is 9.98. The molecule has 7 nitrogen and oxygen atoms in total.